The van der Waals surface area contributed by atoms with Gasteiger partial charge in [0, 0.05) is 30.4 Å². The lowest BCUT2D eigenvalue weighted by atomic mass is 9.77. The molecule has 0 saturated carbocycles. The van der Waals surface area contributed by atoms with Crippen molar-refractivity contribution < 1.29 is 53.6 Å². The molecule has 1 aromatic rings. The lowest BCUT2D eigenvalue weighted by Crippen LogP contribution is -2.29. The molecule has 0 unspecified atom stereocenters. The van der Waals surface area contributed by atoms with Crippen LogP contribution in [0.2, 0.25) is 0 Å². The Kier molecular flexibility index (Phi) is 31.9. The molecule has 12 nitrogen and oxygen atoms in total. The van der Waals surface area contributed by atoms with Crippen LogP contribution in [0, 0.1) is 0 Å². The molecule has 3 rings (SSSR count). The summed E-state index contributed by atoms with van der Waals surface area (Å²) >= 11 is 0. The molecule has 0 aliphatic heterocycles. The quantitative estimate of drug-likeness (QED) is 0.0213. The summed E-state index contributed by atoms with van der Waals surface area (Å²) in [5.41, 5.74) is 1.19. The molecule has 12 heteroatoms. The van der Waals surface area contributed by atoms with Gasteiger partial charge in [0.15, 0.2) is 13.1 Å². The van der Waals surface area contributed by atoms with E-state index in [0.717, 1.165) is 95.8 Å². The van der Waals surface area contributed by atoms with Crippen LogP contribution in [0.3, 0.4) is 0 Å². The van der Waals surface area contributed by atoms with E-state index in [1.807, 2.05) is 6.07 Å². The summed E-state index contributed by atoms with van der Waals surface area (Å²) in [4.78, 5) is 42.3. The Balaban J connectivity index is 1.88. The number of aromatic hydroxyl groups is 1. The third-order valence-corrected chi connectivity index (χ3v) is 14.1. The molecule has 0 aromatic heterocycles. The van der Waals surface area contributed by atoms with E-state index in [4.69, 9.17) is 14.2 Å². The summed E-state index contributed by atoms with van der Waals surface area (Å²) in [7, 11) is 1.39. The van der Waals surface area contributed by atoms with Gasteiger partial charge in [0.05, 0.1) is 55.8 Å². The van der Waals surface area contributed by atoms with Crippen LogP contribution >= 0.6 is 0 Å². The van der Waals surface area contributed by atoms with Crippen LogP contribution in [0.4, 0.5) is 5.69 Å². The molecule has 406 valence electrons. The van der Waals surface area contributed by atoms with Gasteiger partial charge in [0.2, 0.25) is 11.5 Å². The second-order valence-corrected chi connectivity index (χ2v) is 20.0. The SMILES string of the molecule is CCCCCCCCCCN(CCCCCCCCCC)c1cc(O)c(C2=C(O)/C(=C3/C(O)=CC(=[N+](CCC(=O)OCCCCCCCC)CCC(=O)OCCCCCCCC)C=C3OC)C2=O)c(CO)c1. The molecule has 0 amide bonds. The van der Waals surface area contributed by atoms with E-state index < -0.39 is 18.1 Å². The zero-order valence-corrected chi connectivity index (χ0v) is 45.6. The van der Waals surface area contributed by atoms with Crippen LogP contribution in [-0.4, -0.2) is 94.9 Å². The first-order valence-corrected chi connectivity index (χ1v) is 28.6. The number of rotatable bonds is 42. The van der Waals surface area contributed by atoms with Gasteiger partial charge in [-0.05, 0) is 37.3 Å². The molecule has 1 aromatic carbocycles. The highest BCUT2D eigenvalue weighted by atomic mass is 16.5. The van der Waals surface area contributed by atoms with E-state index >= 15 is 0 Å². The van der Waals surface area contributed by atoms with Gasteiger partial charge in [0.25, 0.3) is 0 Å². The van der Waals surface area contributed by atoms with Crippen LogP contribution in [0.15, 0.2) is 52.7 Å². The number of Topliss-reactive ketones (excluding diaryl/α,β-unsaturated/α-hetero) is 1. The predicted molar refractivity (Wildman–Crippen MR) is 292 cm³/mol. The zero-order valence-electron chi connectivity index (χ0n) is 45.6. The number of benzene rings is 1. The normalized spacial score (nSPS) is 14.6. The summed E-state index contributed by atoms with van der Waals surface area (Å²) < 4.78 is 18.6. The maximum Gasteiger partial charge on any atom is 0.312 e. The average Bonchev–Trinajstić information content (AvgIpc) is 3.37. The number of methoxy groups -OCH3 is 1. The number of phenols is 1. The zero-order chi connectivity index (χ0) is 52.4. The molecule has 2 aliphatic carbocycles. The second kappa shape index (κ2) is 37.2. The highest BCUT2D eigenvalue weighted by molar-refractivity contribution is 6.40. The highest BCUT2D eigenvalue weighted by Crippen LogP contribution is 2.46. The van der Waals surface area contributed by atoms with E-state index in [2.05, 4.69) is 32.6 Å². The number of aliphatic hydroxyl groups is 3. The minimum absolute atomic E-state index is 0.0296. The number of aliphatic hydroxyl groups excluding tert-OH is 3. The van der Waals surface area contributed by atoms with Crippen LogP contribution in [0.5, 0.6) is 5.75 Å². The number of unbranched alkanes of at least 4 members (excludes halogenated alkanes) is 24. The number of hydrogen-bond donors (Lipinski definition) is 4. The minimum atomic E-state index is -0.626. The third-order valence-electron chi connectivity index (χ3n) is 14.1. The van der Waals surface area contributed by atoms with Crippen molar-refractivity contribution in [1.29, 1.82) is 0 Å². The molecule has 0 fully saturated rings. The van der Waals surface area contributed by atoms with E-state index in [-0.39, 0.29) is 77.4 Å². The summed E-state index contributed by atoms with van der Waals surface area (Å²) in [6, 6.07) is 3.44. The van der Waals surface area contributed by atoms with E-state index in [9.17, 15) is 34.8 Å². The molecule has 0 saturated heterocycles. The number of ether oxygens (including phenoxy) is 3. The number of esters is 2. The lowest BCUT2D eigenvalue weighted by molar-refractivity contribution is -0.524. The Morgan fingerprint density at radius 2 is 0.986 bits per heavy atom. The maximum atomic E-state index is 14.2. The Bertz CT molecular complexity index is 1890. The van der Waals surface area contributed by atoms with Crippen molar-refractivity contribution >= 4 is 34.7 Å². The van der Waals surface area contributed by atoms with Crippen LogP contribution in [0.25, 0.3) is 5.57 Å². The standard InChI is InChI=1S/C60H96N2O10/c1-6-10-14-18-22-24-26-30-36-61(37-31-27-25-23-19-15-11-7-2)48-42-47(46-63)55(50(64)43-48)57-59(68)58(60(57)69)56-51(65)44-49(45-52(56)70-5)62(38-34-53(66)71-40-32-28-20-16-12-8-3)39-35-54(67)72-41-33-29-21-17-13-9-4/h42-45,63H,6-41,46H2,1-5H3,(H2,64,65,68,69)/p+1. The molecular weight excluding hydrogens is 909 g/mol. The summed E-state index contributed by atoms with van der Waals surface area (Å²) in [6.45, 7) is 11.0. The Labute approximate surface area is 434 Å². The number of hydrogen-bond acceptors (Lipinski definition) is 11. The number of anilines is 1. The molecule has 4 N–H and O–H groups in total. The minimum Gasteiger partial charge on any atom is -0.507 e. The van der Waals surface area contributed by atoms with Gasteiger partial charge in [-0.15, -0.1) is 0 Å². The van der Waals surface area contributed by atoms with E-state index in [0.29, 0.717) is 24.5 Å². The monoisotopic (exact) mass is 1010 g/mol. The van der Waals surface area contributed by atoms with Crippen molar-refractivity contribution in [1.82, 2.24) is 0 Å². The molecule has 0 heterocycles. The fourth-order valence-electron chi connectivity index (χ4n) is 9.66. The predicted octanol–water partition coefficient (Wildman–Crippen LogP) is 14.1. The second-order valence-electron chi connectivity index (χ2n) is 20.0. The van der Waals surface area contributed by atoms with Crippen LogP contribution in [0.1, 0.15) is 231 Å². The molecule has 2 aliphatic rings. The van der Waals surface area contributed by atoms with Crippen molar-refractivity contribution in [3.8, 4) is 5.75 Å². The Hall–Kier alpha value is -4.58. The molecular formula is C60H97N2O10+. The van der Waals surface area contributed by atoms with Gasteiger partial charge in [-0.2, -0.15) is 0 Å². The Morgan fingerprint density at radius 3 is 1.40 bits per heavy atom. The van der Waals surface area contributed by atoms with E-state index in [1.54, 1.807) is 16.7 Å². The topological polar surface area (TPSA) is 166 Å². The fraction of sp³-hybridized carbons (Fsp3) is 0.700. The number of allylic oxidation sites excluding steroid dienone is 4. The maximum absolute atomic E-state index is 14.2. The van der Waals surface area contributed by atoms with Gasteiger partial charge in [-0.1, -0.05) is 182 Å². The van der Waals surface area contributed by atoms with Crippen molar-refractivity contribution in [2.75, 3.05) is 51.4 Å². The van der Waals surface area contributed by atoms with Gasteiger partial charge in [0.1, 0.15) is 35.9 Å². The molecule has 72 heavy (non-hydrogen) atoms. The number of carbonyl (C=O) groups is 3. The van der Waals surface area contributed by atoms with Crippen molar-refractivity contribution in [3.05, 3.63) is 63.8 Å². The number of ketones is 1. The summed E-state index contributed by atoms with van der Waals surface area (Å²) in [6.07, 6.45) is 35.1. The van der Waals surface area contributed by atoms with Crippen molar-refractivity contribution in [3.63, 3.8) is 0 Å². The van der Waals surface area contributed by atoms with Gasteiger partial charge >= 0.3 is 11.9 Å². The third kappa shape index (κ3) is 21.9. The molecule has 0 atom stereocenters. The number of phenolic OH excluding ortho intramolecular Hbond substituents is 1. The molecule has 0 bridgehead atoms. The largest absolute Gasteiger partial charge is 0.507 e. The summed E-state index contributed by atoms with van der Waals surface area (Å²) in [5, 5.41) is 45.7. The Morgan fingerprint density at radius 1 is 0.556 bits per heavy atom. The lowest BCUT2D eigenvalue weighted by Gasteiger charge is -2.29. The van der Waals surface area contributed by atoms with Gasteiger partial charge in [-0.25, -0.2) is 4.58 Å². The van der Waals surface area contributed by atoms with Gasteiger partial charge in [-0.3, -0.25) is 14.4 Å². The highest BCUT2D eigenvalue weighted by Gasteiger charge is 2.42. The van der Waals surface area contributed by atoms with Crippen molar-refractivity contribution in [2.45, 2.75) is 227 Å². The first-order chi connectivity index (χ1) is 35.1. The summed E-state index contributed by atoms with van der Waals surface area (Å²) in [5.74, 6) is -2.31. The van der Waals surface area contributed by atoms with Crippen molar-refractivity contribution in [2.24, 2.45) is 0 Å². The first-order valence-electron chi connectivity index (χ1n) is 28.6. The van der Waals surface area contributed by atoms with Gasteiger partial charge < -0.3 is 39.5 Å². The average molecular weight is 1010 g/mol. The molecule has 0 spiro atoms. The number of carbonyl (C=O) groups excluding carboxylic acids is 3. The first kappa shape index (κ1) is 61.7. The van der Waals surface area contributed by atoms with E-state index in [1.165, 1.54) is 116 Å². The molecule has 0 radical (unpaired) electrons. The smallest absolute Gasteiger partial charge is 0.312 e. The fourth-order valence-corrected chi connectivity index (χ4v) is 9.66. The van der Waals surface area contributed by atoms with Crippen LogP contribution < -0.4 is 4.90 Å². The van der Waals surface area contributed by atoms with Crippen LogP contribution in [-0.2, 0) is 35.2 Å². The number of nitrogens with zero attached hydrogens (tertiary/aromatic N) is 2.